The topological polar surface area (TPSA) is 88.9 Å². The summed E-state index contributed by atoms with van der Waals surface area (Å²) >= 11 is 0. The van der Waals surface area contributed by atoms with E-state index < -0.39 is 0 Å². The monoisotopic (exact) mass is 330 g/mol. The van der Waals surface area contributed by atoms with Gasteiger partial charge >= 0.3 is 0 Å². The third-order valence-corrected chi connectivity index (χ3v) is 4.77. The molecule has 2 aromatic rings. The van der Waals surface area contributed by atoms with Crippen molar-refractivity contribution >= 4 is 5.91 Å². The van der Waals surface area contributed by atoms with Crippen LogP contribution in [0.2, 0.25) is 0 Å². The van der Waals surface area contributed by atoms with Crippen LogP contribution in [0.25, 0.3) is 0 Å². The van der Waals surface area contributed by atoms with E-state index in [2.05, 4.69) is 27.4 Å². The Morgan fingerprint density at radius 3 is 3.00 bits per heavy atom. The highest BCUT2D eigenvalue weighted by atomic mass is 16.5. The van der Waals surface area contributed by atoms with E-state index in [0.29, 0.717) is 24.8 Å². The van der Waals surface area contributed by atoms with Gasteiger partial charge in [0.1, 0.15) is 17.4 Å². The number of hydrogen-bond donors (Lipinski definition) is 1. The molecule has 8 heteroatoms. The Morgan fingerprint density at radius 2 is 2.29 bits per heavy atom. The molecule has 1 aliphatic heterocycles. The first-order chi connectivity index (χ1) is 11.8. The molecule has 3 heterocycles. The van der Waals surface area contributed by atoms with E-state index in [1.165, 1.54) is 12.8 Å². The molecule has 1 N–H and O–H groups in total. The molecule has 0 bridgehead atoms. The van der Waals surface area contributed by atoms with Gasteiger partial charge in [0.05, 0.1) is 12.3 Å². The summed E-state index contributed by atoms with van der Waals surface area (Å²) in [4.78, 5) is 14.6. The van der Waals surface area contributed by atoms with E-state index in [4.69, 9.17) is 4.74 Å². The van der Waals surface area contributed by atoms with Gasteiger partial charge in [-0.15, -0.1) is 5.10 Å². The molecular weight excluding hydrogens is 308 g/mol. The third-order valence-electron chi connectivity index (χ3n) is 4.77. The number of carbonyl (C=O) groups is 1. The summed E-state index contributed by atoms with van der Waals surface area (Å²) < 4.78 is 7.82. The van der Waals surface area contributed by atoms with Crippen molar-refractivity contribution in [3.63, 3.8) is 0 Å². The van der Waals surface area contributed by atoms with Crippen molar-refractivity contribution in [1.29, 1.82) is 0 Å². The fourth-order valence-corrected chi connectivity index (χ4v) is 3.22. The number of rotatable bonds is 6. The highest BCUT2D eigenvalue weighted by Crippen LogP contribution is 2.32. The van der Waals surface area contributed by atoms with E-state index in [-0.39, 0.29) is 11.9 Å². The van der Waals surface area contributed by atoms with Crippen LogP contribution in [0.15, 0.2) is 12.3 Å². The molecule has 0 radical (unpaired) electrons. The smallest absolute Gasteiger partial charge is 0.272 e. The molecule has 0 saturated heterocycles. The first-order valence-electron chi connectivity index (χ1n) is 8.58. The lowest BCUT2D eigenvalue weighted by molar-refractivity contribution is 0.0351. The standard InChI is InChI=1S/C16H22N6O2/c1-2-22-13-6-8-21(16(23)12-5-7-17-18-12)14(15(13)19-20-22)10-24-9-11-3-4-11/h5,7,11,14H,2-4,6,8-10H2,1H3,(H,17,18). The van der Waals surface area contributed by atoms with Gasteiger partial charge in [-0.25, -0.2) is 4.68 Å². The average molecular weight is 330 g/mol. The van der Waals surface area contributed by atoms with Crippen LogP contribution in [0.5, 0.6) is 0 Å². The Kier molecular flexibility index (Phi) is 4.05. The molecular formula is C16H22N6O2. The first-order valence-corrected chi connectivity index (χ1v) is 8.58. The number of hydrogen-bond acceptors (Lipinski definition) is 5. The lowest BCUT2D eigenvalue weighted by atomic mass is 10.0. The lowest BCUT2D eigenvalue weighted by Crippen LogP contribution is -2.42. The molecule has 1 atom stereocenters. The van der Waals surface area contributed by atoms with Gasteiger partial charge in [0, 0.05) is 32.3 Å². The third kappa shape index (κ3) is 2.82. The lowest BCUT2D eigenvalue weighted by Gasteiger charge is -2.34. The van der Waals surface area contributed by atoms with Crippen molar-refractivity contribution in [2.24, 2.45) is 5.92 Å². The second kappa shape index (κ2) is 6.35. The maximum absolute atomic E-state index is 12.8. The maximum atomic E-state index is 12.8. The molecule has 2 aliphatic rings. The molecule has 8 nitrogen and oxygen atoms in total. The SMILES string of the molecule is CCn1nnc2c1CCN(C(=O)c1ccn[nH]1)C2COCC1CC1. The largest absolute Gasteiger partial charge is 0.379 e. The van der Waals surface area contributed by atoms with Crippen LogP contribution >= 0.6 is 0 Å². The van der Waals surface area contributed by atoms with E-state index in [0.717, 1.165) is 31.0 Å². The molecule has 1 unspecified atom stereocenters. The molecule has 4 rings (SSSR count). The van der Waals surface area contributed by atoms with Crippen LogP contribution < -0.4 is 0 Å². The molecule has 2 aromatic heterocycles. The number of ether oxygens (including phenoxy) is 1. The minimum Gasteiger partial charge on any atom is -0.379 e. The second-order valence-corrected chi connectivity index (χ2v) is 6.45. The van der Waals surface area contributed by atoms with Crippen LogP contribution in [-0.4, -0.2) is 55.8 Å². The Morgan fingerprint density at radius 1 is 1.42 bits per heavy atom. The summed E-state index contributed by atoms with van der Waals surface area (Å²) in [5.41, 5.74) is 2.48. The van der Waals surface area contributed by atoms with Gasteiger partial charge in [0.25, 0.3) is 5.91 Å². The molecule has 0 spiro atoms. The molecule has 1 aliphatic carbocycles. The summed E-state index contributed by atoms with van der Waals surface area (Å²) in [6, 6.07) is 1.51. The Balaban J connectivity index is 1.58. The zero-order chi connectivity index (χ0) is 16.5. The van der Waals surface area contributed by atoms with Crippen LogP contribution in [0.4, 0.5) is 0 Å². The van der Waals surface area contributed by atoms with Crippen LogP contribution in [0.1, 0.15) is 47.7 Å². The van der Waals surface area contributed by atoms with E-state index in [1.807, 2.05) is 9.58 Å². The summed E-state index contributed by atoms with van der Waals surface area (Å²) in [6.45, 7) is 4.70. The van der Waals surface area contributed by atoms with Crippen molar-refractivity contribution in [2.45, 2.75) is 38.8 Å². The number of fused-ring (bicyclic) bond motifs is 1. The Hall–Kier alpha value is -2.22. The Bertz CT molecular complexity index is 706. The number of amides is 1. The average Bonchev–Trinajstić information content (AvgIpc) is 3.11. The van der Waals surface area contributed by atoms with Gasteiger partial charge in [0.15, 0.2) is 0 Å². The van der Waals surface area contributed by atoms with Crippen molar-refractivity contribution in [3.05, 3.63) is 29.3 Å². The number of aryl methyl sites for hydroxylation is 1. The molecule has 1 amide bonds. The molecule has 1 saturated carbocycles. The van der Waals surface area contributed by atoms with Gasteiger partial charge in [-0.1, -0.05) is 5.21 Å². The fourth-order valence-electron chi connectivity index (χ4n) is 3.22. The van der Waals surface area contributed by atoms with E-state index >= 15 is 0 Å². The number of nitrogens with zero attached hydrogens (tertiary/aromatic N) is 5. The van der Waals surface area contributed by atoms with E-state index in [9.17, 15) is 4.79 Å². The van der Waals surface area contributed by atoms with Gasteiger partial charge in [-0.05, 0) is 31.7 Å². The summed E-state index contributed by atoms with van der Waals surface area (Å²) in [6.07, 6.45) is 4.85. The highest BCUT2D eigenvalue weighted by molar-refractivity contribution is 5.92. The highest BCUT2D eigenvalue weighted by Gasteiger charge is 2.36. The molecule has 1 fully saturated rings. The van der Waals surface area contributed by atoms with Gasteiger partial charge in [-0.3, -0.25) is 9.89 Å². The number of carbonyl (C=O) groups excluding carboxylic acids is 1. The summed E-state index contributed by atoms with van der Waals surface area (Å²) in [5.74, 6) is 0.625. The van der Waals surface area contributed by atoms with Crippen molar-refractivity contribution in [1.82, 2.24) is 30.1 Å². The summed E-state index contributed by atoms with van der Waals surface area (Å²) in [5, 5.41) is 15.2. The number of nitrogens with one attached hydrogen (secondary N) is 1. The summed E-state index contributed by atoms with van der Waals surface area (Å²) in [7, 11) is 0. The number of aromatic nitrogens is 5. The normalized spacial score (nSPS) is 20.2. The fraction of sp³-hybridized carbons (Fsp3) is 0.625. The first kappa shape index (κ1) is 15.3. The van der Waals surface area contributed by atoms with Crippen LogP contribution in [0, 0.1) is 5.92 Å². The number of aromatic amines is 1. The second-order valence-electron chi connectivity index (χ2n) is 6.45. The molecule has 24 heavy (non-hydrogen) atoms. The Labute approximate surface area is 140 Å². The maximum Gasteiger partial charge on any atom is 0.272 e. The van der Waals surface area contributed by atoms with Crippen LogP contribution in [0.3, 0.4) is 0 Å². The number of H-pyrrole nitrogens is 1. The quantitative estimate of drug-likeness (QED) is 0.859. The zero-order valence-electron chi connectivity index (χ0n) is 13.8. The van der Waals surface area contributed by atoms with Crippen molar-refractivity contribution in [3.8, 4) is 0 Å². The van der Waals surface area contributed by atoms with Gasteiger partial charge in [0.2, 0.25) is 0 Å². The van der Waals surface area contributed by atoms with Crippen molar-refractivity contribution < 1.29 is 9.53 Å². The predicted molar refractivity (Wildman–Crippen MR) is 85.3 cm³/mol. The minimum atomic E-state index is -0.191. The molecule has 0 aromatic carbocycles. The van der Waals surface area contributed by atoms with Crippen molar-refractivity contribution in [2.75, 3.05) is 19.8 Å². The van der Waals surface area contributed by atoms with Crippen LogP contribution in [-0.2, 0) is 17.7 Å². The van der Waals surface area contributed by atoms with E-state index in [1.54, 1.807) is 12.3 Å². The van der Waals surface area contributed by atoms with Gasteiger partial charge < -0.3 is 9.64 Å². The predicted octanol–water partition coefficient (Wildman–Crippen LogP) is 1.19. The minimum absolute atomic E-state index is 0.0655. The zero-order valence-corrected chi connectivity index (χ0v) is 13.8. The van der Waals surface area contributed by atoms with Gasteiger partial charge in [-0.2, -0.15) is 5.10 Å². The molecule has 128 valence electrons.